The van der Waals surface area contributed by atoms with Gasteiger partial charge in [-0.15, -0.1) is 0 Å². The highest BCUT2D eigenvalue weighted by Crippen LogP contribution is 2.17. The van der Waals surface area contributed by atoms with E-state index in [1.54, 1.807) is 6.20 Å². The van der Waals surface area contributed by atoms with Gasteiger partial charge in [-0.3, -0.25) is 9.78 Å². The van der Waals surface area contributed by atoms with Crippen molar-refractivity contribution in [2.24, 2.45) is 0 Å². The number of rotatable bonds is 5. The van der Waals surface area contributed by atoms with Gasteiger partial charge in [-0.2, -0.15) is 0 Å². The van der Waals surface area contributed by atoms with Crippen molar-refractivity contribution >= 4 is 29.0 Å². The molecule has 1 saturated heterocycles. The fraction of sp³-hybridized carbons (Fsp3) is 0.312. The summed E-state index contributed by atoms with van der Waals surface area (Å²) >= 11 is 5.80. The van der Waals surface area contributed by atoms with Gasteiger partial charge in [0.05, 0.1) is 12.4 Å². The molecule has 0 radical (unpaired) electrons. The Bertz CT molecular complexity index is 689. The molecule has 0 aliphatic carbocycles. The highest BCUT2D eigenvalue weighted by Gasteiger charge is 2.23. The van der Waals surface area contributed by atoms with Crippen LogP contribution >= 0.6 is 11.6 Å². The first-order valence-electron chi connectivity index (χ1n) is 7.43. The number of carbonyl (C=O) groups is 1. The van der Waals surface area contributed by atoms with E-state index in [1.807, 2.05) is 24.3 Å². The standard InChI is InChI=1S/C16H17ClN4O2/c17-14-9-18-10-15(21-14)19-8-11-3-1-4-12(7-11)20-16(22)13-5-2-6-23-13/h1,3-4,7,9-10,13H,2,5-6,8H2,(H,19,21)(H,20,22). The topological polar surface area (TPSA) is 76.1 Å². The zero-order chi connectivity index (χ0) is 16.1. The third kappa shape index (κ3) is 4.40. The van der Waals surface area contributed by atoms with E-state index >= 15 is 0 Å². The van der Waals surface area contributed by atoms with Crippen molar-refractivity contribution in [3.05, 3.63) is 47.4 Å². The number of anilines is 2. The van der Waals surface area contributed by atoms with E-state index in [-0.39, 0.29) is 12.0 Å². The van der Waals surface area contributed by atoms with E-state index in [4.69, 9.17) is 16.3 Å². The molecule has 1 fully saturated rings. The monoisotopic (exact) mass is 332 g/mol. The van der Waals surface area contributed by atoms with Crippen LogP contribution in [0.5, 0.6) is 0 Å². The SMILES string of the molecule is O=C(Nc1cccc(CNc2cncc(Cl)n2)c1)C1CCCO1. The second-order valence-corrected chi connectivity index (χ2v) is 5.66. The van der Waals surface area contributed by atoms with Crippen LogP contribution in [0, 0.1) is 0 Å². The van der Waals surface area contributed by atoms with Crippen molar-refractivity contribution < 1.29 is 9.53 Å². The lowest BCUT2D eigenvalue weighted by Crippen LogP contribution is -2.26. The largest absolute Gasteiger partial charge is 0.368 e. The molecule has 1 aliphatic rings. The molecule has 120 valence electrons. The predicted molar refractivity (Wildman–Crippen MR) is 88.4 cm³/mol. The fourth-order valence-electron chi connectivity index (χ4n) is 2.39. The number of amides is 1. The van der Waals surface area contributed by atoms with Crippen LogP contribution in [-0.4, -0.2) is 28.6 Å². The smallest absolute Gasteiger partial charge is 0.253 e. The van der Waals surface area contributed by atoms with E-state index in [9.17, 15) is 4.79 Å². The van der Waals surface area contributed by atoms with Crippen LogP contribution in [0.15, 0.2) is 36.7 Å². The fourth-order valence-corrected chi connectivity index (χ4v) is 2.53. The summed E-state index contributed by atoms with van der Waals surface area (Å²) in [7, 11) is 0. The number of nitrogens with zero attached hydrogens (tertiary/aromatic N) is 2. The average Bonchev–Trinajstić information content (AvgIpc) is 3.08. The number of hydrogen-bond acceptors (Lipinski definition) is 5. The zero-order valence-electron chi connectivity index (χ0n) is 12.5. The molecular formula is C16H17ClN4O2. The highest BCUT2D eigenvalue weighted by atomic mass is 35.5. The van der Waals surface area contributed by atoms with Crippen LogP contribution in [-0.2, 0) is 16.1 Å². The summed E-state index contributed by atoms with van der Waals surface area (Å²) in [5.74, 6) is 0.514. The second-order valence-electron chi connectivity index (χ2n) is 5.27. The minimum atomic E-state index is -0.335. The molecule has 1 aliphatic heterocycles. The summed E-state index contributed by atoms with van der Waals surface area (Å²) in [5, 5.41) is 6.37. The van der Waals surface area contributed by atoms with Crippen LogP contribution < -0.4 is 10.6 Å². The van der Waals surface area contributed by atoms with Crippen molar-refractivity contribution in [2.75, 3.05) is 17.2 Å². The molecule has 1 atom stereocenters. The first kappa shape index (κ1) is 15.7. The summed E-state index contributed by atoms with van der Waals surface area (Å²) in [6, 6.07) is 7.63. The van der Waals surface area contributed by atoms with Gasteiger partial charge in [0.15, 0.2) is 0 Å². The Labute approximate surface area is 139 Å². The Morgan fingerprint density at radius 3 is 3.09 bits per heavy atom. The number of hydrogen-bond donors (Lipinski definition) is 2. The third-order valence-electron chi connectivity index (χ3n) is 3.50. The summed E-state index contributed by atoms with van der Waals surface area (Å²) in [4.78, 5) is 20.1. The van der Waals surface area contributed by atoms with Crippen LogP contribution in [0.2, 0.25) is 5.15 Å². The van der Waals surface area contributed by atoms with Gasteiger partial charge in [0, 0.05) is 18.8 Å². The summed E-state index contributed by atoms with van der Waals surface area (Å²) < 4.78 is 5.38. The van der Waals surface area contributed by atoms with Crippen LogP contribution in [0.4, 0.5) is 11.5 Å². The maximum atomic E-state index is 12.1. The lowest BCUT2D eigenvalue weighted by Gasteiger charge is -2.12. The molecule has 7 heteroatoms. The van der Waals surface area contributed by atoms with Crippen LogP contribution in [0.1, 0.15) is 18.4 Å². The van der Waals surface area contributed by atoms with E-state index in [2.05, 4.69) is 20.6 Å². The third-order valence-corrected chi connectivity index (χ3v) is 3.68. The van der Waals surface area contributed by atoms with E-state index in [0.29, 0.717) is 24.1 Å². The molecule has 1 amide bonds. The first-order chi connectivity index (χ1) is 11.2. The van der Waals surface area contributed by atoms with Gasteiger partial charge in [-0.25, -0.2) is 4.98 Å². The number of nitrogens with one attached hydrogen (secondary N) is 2. The van der Waals surface area contributed by atoms with Crippen LogP contribution in [0.25, 0.3) is 0 Å². The van der Waals surface area contributed by atoms with E-state index < -0.39 is 0 Å². The first-order valence-corrected chi connectivity index (χ1v) is 7.81. The maximum Gasteiger partial charge on any atom is 0.253 e. The molecule has 2 heterocycles. The Balaban J connectivity index is 1.59. The summed E-state index contributed by atoms with van der Waals surface area (Å²) in [5.41, 5.74) is 1.76. The van der Waals surface area contributed by atoms with Crippen molar-refractivity contribution in [1.82, 2.24) is 9.97 Å². The molecule has 1 unspecified atom stereocenters. The molecule has 2 aromatic rings. The molecule has 3 rings (SSSR count). The van der Waals surface area contributed by atoms with Gasteiger partial charge in [-0.1, -0.05) is 23.7 Å². The highest BCUT2D eigenvalue weighted by molar-refractivity contribution is 6.29. The minimum absolute atomic E-state index is 0.0895. The number of halogens is 1. The summed E-state index contributed by atoms with van der Waals surface area (Å²) in [6.45, 7) is 1.21. The molecule has 0 saturated carbocycles. The van der Waals surface area contributed by atoms with Crippen molar-refractivity contribution in [1.29, 1.82) is 0 Å². The molecular weight excluding hydrogens is 316 g/mol. The van der Waals surface area contributed by atoms with Gasteiger partial charge in [0.1, 0.15) is 17.1 Å². The Hall–Kier alpha value is -2.18. The molecule has 6 nitrogen and oxygen atoms in total. The molecule has 0 spiro atoms. The van der Waals surface area contributed by atoms with Crippen molar-refractivity contribution in [2.45, 2.75) is 25.5 Å². The quantitative estimate of drug-likeness (QED) is 0.880. The van der Waals surface area contributed by atoms with Crippen molar-refractivity contribution in [3.8, 4) is 0 Å². The number of benzene rings is 1. The van der Waals surface area contributed by atoms with E-state index in [0.717, 1.165) is 24.1 Å². The molecule has 1 aromatic heterocycles. The Morgan fingerprint density at radius 1 is 1.39 bits per heavy atom. The molecule has 1 aromatic carbocycles. The zero-order valence-corrected chi connectivity index (χ0v) is 13.2. The number of aromatic nitrogens is 2. The van der Waals surface area contributed by atoms with E-state index in [1.165, 1.54) is 6.20 Å². The van der Waals surface area contributed by atoms with Gasteiger partial charge >= 0.3 is 0 Å². The van der Waals surface area contributed by atoms with Crippen LogP contribution in [0.3, 0.4) is 0 Å². The molecule has 0 bridgehead atoms. The average molecular weight is 333 g/mol. The number of carbonyl (C=O) groups excluding carboxylic acids is 1. The lowest BCUT2D eigenvalue weighted by atomic mass is 10.2. The molecule has 23 heavy (non-hydrogen) atoms. The Kier molecular flexibility index (Phi) is 5.05. The molecule has 2 N–H and O–H groups in total. The second kappa shape index (κ2) is 7.39. The Morgan fingerprint density at radius 2 is 2.30 bits per heavy atom. The number of ether oxygens (including phenoxy) is 1. The maximum absolute atomic E-state index is 12.1. The summed E-state index contributed by atoms with van der Waals surface area (Å²) in [6.07, 6.45) is 4.46. The van der Waals surface area contributed by atoms with Crippen molar-refractivity contribution in [3.63, 3.8) is 0 Å². The minimum Gasteiger partial charge on any atom is -0.368 e. The normalized spacial score (nSPS) is 17.0. The van der Waals surface area contributed by atoms with Gasteiger partial charge in [0.2, 0.25) is 0 Å². The predicted octanol–water partition coefficient (Wildman–Crippen LogP) is 2.86. The lowest BCUT2D eigenvalue weighted by molar-refractivity contribution is -0.124. The van der Waals surface area contributed by atoms with Gasteiger partial charge in [-0.05, 0) is 30.5 Å². The van der Waals surface area contributed by atoms with Gasteiger partial charge < -0.3 is 15.4 Å². The van der Waals surface area contributed by atoms with Gasteiger partial charge in [0.25, 0.3) is 5.91 Å².